The number of hydrogen-bond donors (Lipinski definition) is 1. The predicted molar refractivity (Wildman–Crippen MR) is 70.7 cm³/mol. The molecule has 0 saturated carbocycles. The van der Waals surface area contributed by atoms with Crippen molar-refractivity contribution in [2.45, 2.75) is 13.0 Å². The molecule has 5 nitrogen and oxygen atoms in total. The van der Waals surface area contributed by atoms with Crippen molar-refractivity contribution >= 4 is 16.5 Å². The maximum Gasteiger partial charge on any atom is 0.185 e. The van der Waals surface area contributed by atoms with Crippen LogP contribution in [0.4, 0.5) is 5.13 Å². The van der Waals surface area contributed by atoms with Crippen LogP contribution in [0, 0.1) is 0 Å². The molecule has 6 heteroatoms. The van der Waals surface area contributed by atoms with Crippen LogP contribution in [0.1, 0.15) is 17.8 Å². The van der Waals surface area contributed by atoms with Gasteiger partial charge in [-0.25, -0.2) is 4.98 Å². The number of thiazole rings is 1. The third-order valence-corrected chi connectivity index (χ3v) is 3.62. The molecule has 1 unspecified atom stereocenters. The average molecular weight is 259 g/mol. The fourth-order valence-electron chi connectivity index (χ4n) is 1.34. The van der Waals surface area contributed by atoms with Gasteiger partial charge in [-0.3, -0.25) is 0 Å². The Morgan fingerprint density at radius 3 is 2.35 bits per heavy atom. The number of hydrogen-bond acceptors (Lipinski definition) is 6. The van der Waals surface area contributed by atoms with Crippen LogP contribution in [0.2, 0.25) is 0 Å². The van der Waals surface area contributed by atoms with E-state index in [9.17, 15) is 0 Å². The summed E-state index contributed by atoms with van der Waals surface area (Å²) in [5.41, 5.74) is 5.83. The molecular weight excluding hydrogens is 238 g/mol. The highest BCUT2D eigenvalue weighted by Crippen LogP contribution is 2.25. The third-order valence-electron chi connectivity index (χ3n) is 2.36. The summed E-state index contributed by atoms with van der Waals surface area (Å²) in [7, 11) is 3.40. The molecule has 0 aliphatic carbocycles. The highest BCUT2D eigenvalue weighted by atomic mass is 32.1. The monoisotopic (exact) mass is 259 g/mol. The summed E-state index contributed by atoms with van der Waals surface area (Å²) in [6, 6.07) is 0.0351. The van der Waals surface area contributed by atoms with Crippen molar-refractivity contribution in [1.82, 2.24) is 4.98 Å². The first-order valence-corrected chi connectivity index (χ1v) is 6.44. The maximum atomic E-state index is 5.83. The van der Waals surface area contributed by atoms with Crippen LogP contribution in [-0.4, -0.2) is 45.5 Å². The first kappa shape index (κ1) is 14.4. The summed E-state index contributed by atoms with van der Waals surface area (Å²) < 4.78 is 10.2. The van der Waals surface area contributed by atoms with Gasteiger partial charge >= 0.3 is 0 Å². The summed E-state index contributed by atoms with van der Waals surface area (Å²) in [6.07, 6.45) is 1.84. The van der Waals surface area contributed by atoms with Gasteiger partial charge in [-0.15, -0.1) is 11.3 Å². The molecule has 1 heterocycles. The molecule has 0 aliphatic rings. The van der Waals surface area contributed by atoms with E-state index in [1.54, 1.807) is 25.6 Å². The zero-order chi connectivity index (χ0) is 12.7. The average Bonchev–Trinajstić information content (AvgIpc) is 2.79. The van der Waals surface area contributed by atoms with Gasteiger partial charge in [0.25, 0.3) is 0 Å². The topological polar surface area (TPSA) is 60.6 Å². The van der Waals surface area contributed by atoms with E-state index in [0.717, 1.165) is 23.1 Å². The van der Waals surface area contributed by atoms with Crippen LogP contribution in [0.3, 0.4) is 0 Å². The van der Waals surface area contributed by atoms with Crippen LogP contribution in [-0.2, 0) is 9.47 Å². The summed E-state index contributed by atoms with van der Waals surface area (Å²) in [5, 5.41) is 0.978. The van der Waals surface area contributed by atoms with E-state index in [1.165, 1.54) is 0 Å². The smallest absolute Gasteiger partial charge is 0.185 e. The minimum Gasteiger partial charge on any atom is -0.383 e. The van der Waals surface area contributed by atoms with Crippen molar-refractivity contribution in [3.63, 3.8) is 0 Å². The molecule has 0 spiro atoms. The van der Waals surface area contributed by atoms with E-state index in [1.807, 2.05) is 13.1 Å². The van der Waals surface area contributed by atoms with E-state index in [0.29, 0.717) is 13.2 Å². The first-order chi connectivity index (χ1) is 8.19. The molecule has 0 aliphatic heterocycles. The Hall–Kier alpha value is -0.690. The molecular formula is C11H21N3O2S. The van der Waals surface area contributed by atoms with Crippen LogP contribution in [0.25, 0.3) is 0 Å². The molecule has 0 bridgehead atoms. The summed E-state index contributed by atoms with van der Waals surface area (Å²) in [6.45, 7) is 4.94. The summed E-state index contributed by atoms with van der Waals surface area (Å²) in [5.74, 6) is 0. The van der Waals surface area contributed by atoms with E-state index in [2.05, 4.69) is 9.88 Å². The SMILES string of the molecule is COCCN(CCOC)c1ncc(C(C)N)s1. The molecule has 1 rings (SSSR count). The molecule has 0 radical (unpaired) electrons. The fraction of sp³-hybridized carbons (Fsp3) is 0.727. The van der Waals surface area contributed by atoms with E-state index in [-0.39, 0.29) is 6.04 Å². The van der Waals surface area contributed by atoms with Gasteiger partial charge < -0.3 is 20.1 Å². The zero-order valence-electron chi connectivity index (χ0n) is 10.7. The molecule has 1 aromatic rings. The zero-order valence-corrected chi connectivity index (χ0v) is 11.5. The number of nitrogens with zero attached hydrogens (tertiary/aromatic N) is 2. The summed E-state index contributed by atoms with van der Waals surface area (Å²) >= 11 is 1.63. The Morgan fingerprint density at radius 1 is 1.35 bits per heavy atom. The standard InChI is InChI=1S/C11H21N3O2S/c1-9(12)10-8-13-11(17-10)14(4-6-15-2)5-7-16-3/h8-9H,4-7,12H2,1-3H3. The Labute approximate surface area is 107 Å². The quantitative estimate of drug-likeness (QED) is 0.761. The molecule has 1 atom stereocenters. The molecule has 0 saturated heterocycles. The van der Waals surface area contributed by atoms with Crippen molar-refractivity contribution in [2.24, 2.45) is 5.73 Å². The minimum atomic E-state index is 0.0351. The van der Waals surface area contributed by atoms with E-state index in [4.69, 9.17) is 15.2 Å². The van der Waals surface area contributed by atoms with Crippen molar-refractivity contribution in [2.75, 3.05) is 45.4 Å². The van der Waals surface area contributed by atoms with Gasteiger partial charge in [0.15, 0.2) is 5.13 Å². The van der Waals surface area contributed by atoms with Crippen molar-refractivity contribution in [1.29, 1.82) is 0 Å². The number of anilines is 1. The van der Waals surface area contributed by atoms with E-state index >= 15 is 0 Å². The van der Waals surface area contributed by atoms with Crippen LogP contribution in [0.15, 0.2) is 6.20 Å². The molecule has 0 fully saturated rings. The van der Waals surface area contributed by atoms with Crippen molar-refractivity contribution in [3.8, 4) is 0 Å². The second kappa shape index (κ2) is 7.60. The van der Waals surface area contributed by atoms with Crippen molar-refractivity contribution < 1.29 is 9.47 Å². The highest BCUT2D eigenvalue weighted by Gasteiger charge is 2.12. The summed E-state index contributed by atoms with van der Waals surface area (Å²) in [4.78, 5) is 7.65. The Morgan fingerprint density at radius 2 is 1.94 bits per heavy atom. The Kier molecular flexibility index (Phi) is 6.43. The largest absolute Gasteiger partial charge is 0.383 e. The molecule has 17 heavy (non-hydrogen) atoms. The first-order valence-electron chi connectivity index (χ1n) is 5.63. The van der Waals surface area contributed by atoms with E-state index < -0.39 is 0 Å². The predicted octanol–water partition coefficient (Wildman–Crippen LogP) is 1.26. The second-order valence-electron chi connectivity index (χ2n) is 3.81. The number of methoxy groups -OCH3 is 2. The van der Waals surface area contributed by atoms with Gasteiger partial charge in [0.1, 0.15) is 0 Å². The lowest BCUT2D eigenvalue weighted by molar-refractivity contribution is 0.190. The van der Waals surface area contributed by atoms with Crippen LogP contribution in [0.5, 0.6) is 0 Å². The number of aromatic nitrogens is 1. The number of nitrogens with two attached hydrogens (primary N) is 1. The maximum absolute atomic E-state index is 5.83. The normalized spacial score (nSPS) is 12.7. The molecule has 98 valence electrons. The third kappa shape index (κ3) is 4.59. The van der Waals surface area contributed by atoms with Crippen molar-refractivity contribution in [3.05, 3.63) is 11.1 Å². The molecule has 2 N–H and O–H groups in total. The van der Waals surface area contributed by atoms with Gasteiger partial charge in [-0.1, -0.05) is 0 Å². The van der Waals surface area contributed by atoms with Gasteiger partial charge in [0.2, 0.25) is 0 Å². The van der Waals surface area contributed by atoms with Gasteiger partial charge in [0, 0.05) is 44.4 Å². The molecule has 0 amide bonds. The lowest BCUT2D eigenvalue weighted by atomic mass is 10.3. The molecule has 1 aromatic heterocycles. The van der Waals surface area contributed by atoms with Gasteiger partial charge in [-0.05, 0) is 6.92 Å². The van der Waals surface area contributed by atoms with Gasteiger partial charge in [0.05, 0.1) is 13.2 Å². The minimum absolute atomic E-state index is 0.0351. The number of ether oxygens (including phenoxy) is 2. The second-order valence-corrected chi connectivity index (χ2v) is 4.85. The fourth-order valence-corrected chi connectivity index (χ4v) is 2.26. The number of rotatable bonds is 8. The highest BCUT2D eigenvalue weighted by molar-refractivity contribution is 7.15. The van der Waals surface area contributed by atoms with Gasteiger partial charge in [-0.2, -0.15) is 0 Å². The Balaban J connectivity index is 2.65. The Bertz CT molecular complexity index is 309. The van der Waals surface area contributed by atoms with Crippen LogP contribution >= 0.6 is 11.3 Å². The molecule has 0 aromatic carbocycles. The lowest BCUT2D eigenvalue weighted by Gasteiger charge is -2.20. The van der Waals surface area contributed by atoms with Crippen LogP contribution < -0.4 is 10.6 Å². The lowest BCUT2D eigenvalue weighted by Crippen LogP contribution is -2.30.